The summed E-state index contributed by atoms with van der Waals surface area (Å²) < 4.78 is 17.7. The highest BCUT2D eigenvalue weighted by atomic mass is 79.9. The van der Waals surface area contributed by atoms with E-state index in [1.165, 1.54) is 13.2 Å². The lowest BCUT2D eigenvalue weighted by Gasteiger charge is -2.14. The third kappa shape index (κ3) is 5.26. The fraction of sp³-hybridized carbons (Fsp3) is 0.227. The molecule has 0 unspecified atom stereocenters. The Bertz CT molecular complexity index is 1200. The number of benzene rings is 2. The first-order valence-electron chi connectivity index (χ1n) is 9.31. The number of hydrogen-bond acceptors (Lipinski definition) is 6. The van der Waals surface area contributed by atoms with Gasteiger partial charge in [0.1, 0.15) is 17.3 Å². The van der Waals surface area contributed by atoms with Crippen molar-refractivity contribution in [1.29, 1.82) is 0 Å². The van der Waals surface area contributed by atoms with Crippen LogP contribution in [0.4, 0.5) is 0 Å². The summed E-state index contributed by atoms with van der Waals surface area (Å²) in [5, 5.41) is 9.30. The molecule has 1 heterocycles. The maximum absolute atomic E-state index is 12.6. The van der Waals surface area contributed by atoms with Crippen molar-refractivity contribution >= 4 is 50.3 Å². The quantitative estimate of drug-likeness (QED) is 0.317. The van der Waals surface area contributed by atoms with Gasteiger partial charge in [-0.15, -0.1) is 0 Å². The summed E-state index contributed by atoms with van der Waals surface area (Å²) in [6.45, 7) is 0.269. The van der Waals surface area contributed by atoms with Crippen molar-refractivity contribution in [2.24, 2.45) is 0 Å². The molecule has 31 heavy (non-hydrogen) atoms. The molecule has 0 saturated heterocycles. The first kappa shape index (κ1) is 22.8. The van der Waals surface area contributed by atoms with E-state index in [2.05, 4.69) is 15.9 Å². The normalized spacial score (nSPS) is 10.8. The number of para-hydroxylation sites is 1. The third-order valence-corrected chi connectivity index (χ3v) is 5.44. The van der Waals surface area contributed by atoms with Crippen LogP contribution in [0.1, 0.15) is 19.3 Å². The van der Waals surface area contributed by atoms with Crippen molar-refractivity contribution in [2.45, 2.75) is 19.3 Å². The molecule has 0 radical (unpaired) electrons. The predicted octanol–water partition coefficient (Wildman–Crippen LogP) is 5.09. The van der Waals surface area contributed by atoms with Crippen molar-refractivity contribution in [1.82, 2.24) is 0 Å². The molecule has 7 nitrogen and oxygen atoms in total. The van der Waals surface area contributed by atoms with Crippen molar-refractivity contribution in [3.63, 3.8) is 0 Å². The smallest absolute Gasteiger partial charge is 0.372 e. The highest BCUT2D eigenvalue weighted by Gasteiger charge is 2.17. The maximum atomic E-state index is 12.6. The molecular formula is C22H18BrClO7. The fourth-order valence-electron chi connectivity index (χ4n) is 2.96. The van der Waals surface area contributed by atoms with Gasteiger partial charge in [0.2, 0.25) is 5.78 Å². The summed E-state index contributed by atoms with van der Waals surface area (Å²) in [6.07, 6.45) is 0.841. The molecule has 2 aromatic carbocycles. The Morgan fingerprint density at radius 2 is 1.94 bits per heavy atom. The van der Waals surface area contributed by atoms with Crippen LogP contribution in [0, 0.1) is 0 Å². The van der Waals surface area contributed by atoms with E-state index in [4.69, 9.17) is 30.6 Å². The minimum absolute atomic E-state index is 0.0449. The molecule has 0 aliphatic carbocycles. The zero-order valence-electron chi connectivity index (χ0n) is 16.4. The highest BCUT2D eigenvalue weighted by Crippen LogP contribution is 2.39. The second-order valence-electron chi connectivity index (χ2n) is 6.61. The van der Waals surface area contributed by atoms with E-state index in [1.807, 2.05) is 0 Å². The molecular weight excluding hydrogens is 492 g/mol. The Labute approximate surface area is 190 Å². The van der Waals surface area contributed by atoms with Crippen molar-refractivity contribution < 1.29 is 28.6 Å². The van der Waals surface area contributed by atoms with Gasteiger partial charge in [0.25, 0.3) is 0 Å². The maximum Gasteiger partial charge on any atom is 0.372 e. The number of methoxy groups -OCH3 is 1. The molecule has 0 fully saturated rings. The standard InChI is InChI=1S/C22H18BrClO7/c1-29-18-10-14(23)20(30-8-3-2-7-16(25)22(27)28)9-13(18)19-11-17(26)12-5-4-6-15(24)21(12)31-19/h4-6,9-11H,2-3,7-8H2,1H3,(H,27,28). The molecule has 0 aliphatic heterocycles. The van der Waals surface area contributed by atoms with Gasteiger partial charge in [-0.1, -0.05) is 17.7 Å². The summed E-state index contributed by atoms with van der Waals surface area (Å²) in [7, 11) is 1.50. The fourth-order valence-corrected chi connectivity index (χ4v) is 3.61. The van der Waals surface area contributed by atoms with Gasteiger partial charge in [0.15, 0.2) is 11.0 Å². The molecule has 0 amide bonds. The number of rotatable bonds is 9. The Balaban J connectivity index is 1.87. The van der Waals surface area contributed by atoms with E-state index in [0.29, 0.717) is 44.8 Å². The molecule has 1 aromatic heterocycles. The first-order valence-corrected chi connectivity index (χ1v) is 10.5. The van der Waals surface area contributed by atoms with Gasteiger partial charge < -0.3 is 19.0 Å². The van der Waals surface area contributed by atoms with Crippen molar-refractivity contribution in [2.75, 3.05) is 13.7 Å². The monoisotopic (exact) mass is 508 g/mol. The summed E-state index contributed by atoms with van der Waals surface area (Å²) in [5.74, 6) is -1.05. The van der Waals surface area contributed by atoms with Gasteiger partial charge in [-0.25, -0.2) is 4.79 Å². The number of ether oxygens (including phenoxy) is 2. The topological polar surface area (TPSA) is 103 Å². The first-order chi connectivity index (χ1) is 14.8. The van der Waals surface area contributed by atoms with Crippen LogP contribution in [0.5, 0.6) is 11.5 Å². The van der Waals surface area contributed by atoms with Gasteiger partial charge in [-0.05, 0) is 53.0 Å². The molecule has 3 rings (SSSR count). The number of carboxylic acid groups (broad SMARTS) is 1. The third-order valence-electron chi connectivity index (χ3n) is 4.52. The molecule has 0 spiro atoms. The molecule has 9 heteroatoms. The SMILES string of the molecule is COc1cc(Br)c(OCCCCC(=O)C(=O)O)cc1-c1cc(=O)c2cccc(Cl)c2o1. The molecule has 0 atom stereocenters. The molecule has 0 saturated carbocycles. The second-order valence-corrected chi connectivity index (χ2v) is 7.87. The highest BCUT2D eigenvalue weighted by molar-refractivity contribution is 9.10. The van der Waals surface area contributed by atoms with Crippen LogP contribution < -0.4 is 14.9 Å². The van der Waals surface area contributed by atoms with Crippen LogP contribution in [0.3, 0.4) is 0 Å². The lowest BCUT2D eigenvalue weighted by Crippen LogP contribution is -2.12. The van der Waals surface area contributed by atoms with E-state index < -0.39 is 11.8 Å². The lowest BCUT2D eigenvalue weighted by molar-refractivity contribution is -0.149. The number of fused-ring (bicyclic) bond motifs is 1. The number of halogens is 2. The Hall–Kier alpha value is -2.84. The predicted molar refractivity (Wildman–Crippen MR) is 119 cm³/mol. The van der Waals surface area contributed by atoms with Crippen LogP contribution in [-0.2, 0) is 9.59 Å². The van der Waals surface area contributed by atoms with Gasteiger partial charge in [0, 0.05) is 12.5 Å². The van der Waals surface area contributed by atoms with Gasteiger partial charge in [-0.3, -0.25) is 9.59 Å². The van der Waals surface area contributed by atoms with Crippen LogP contribution in [-0.4, -0.2) is 30.6 Å². The second kappa shape index (κ2) is 9.98. The zero-order valence-corrected chi connectivity index (χ0v) is 18.8. The number of hydrogen-bond donors (Lipinski definition) is 1. The minimum atomic E-state index is -1.43. The zero-order chi connectivity index (χ0) is 22.5. The van der Waals surface area contributed by atoms with Crippen LogP contribution in [0.15, 0.2) is 50.1 Å². The van der Waals surface area contributed by atoms with Crippen molar-refractivity contribution in [3.05, 3.63) is 56.1 Å². The Morgan fingerprint density at radius 3 is 2.65 bits per heavy atom. The summed E-state index contributed by atoms with van der Waals surface area (Å²) in [6, 6.07) is 9.68. The Kier molecular flexibility index (Phi) is 7.35. The largest absolute Gasteiger partial charge is 0.496 e. The van der Waals surface area contributed by atoms with Gasteiger partial charge >= 0.3 is 5.97 Å². The summed E-state index contributed by atoms with van der Waals surface area (Å²) in [5.41, 5.74) is 0.539. The number of ketones is 1. The average Bonchev–Trinajstić information content (AvgIpc) is 2.74. The van der Waals surface area contributed by atoms with Crippen LogP contribution in [0.2, 0.25) is 5.02 Å². The molecule has 0 aliphatic rings. The minimum Gasteiger partial charge on any atom is -0.496 e. The van der Waals surface area contributed by atoms with E-state index in [0.717, 1.165) is 0 Å². The summed E-state index contributed by atoms with van der Waals surface area (Å²) >= 11 is 9.62. The lowest BCUT2D eigenvalue weighted by atomic mass is 10.1. The average molecular weight is 510 g/mol. The molecule has 162 valence electrons. The number of aliphatic carboxylic acids is 1. The number of carboxylic acids is 1. The van der Waals surface area contributed by atoms with Gasteiger partial charge in [0.05, 0.1) is 34.2 Å². The van der Waals surface area contributed by atoms with E-state index in [1.54, 1.807) is 30.3 Å². The number of unbranched alkanes of at least 4 members (excludes halogenated alkanes) is 1. The number of carbonyl (C=O) groups is 2. The van der Waals surface area contributed by atoms with Crippen molar-refractivity contribution in [3.8, 4) is 22.8 Å². The van der Waals surface area contributed by atoms with Crippen LogP contribution >= 0.6 is 27.5 Å². The van der Waals surface area contributed by atoms with E-state index in [9.17, 15) is 14.4 Å². The summed E-state index contributed by atoms with van der Waals surface area (Å²) in [4.78, 5) is 34.2. The van der Waals surface area contributed by atoms with Crippen LogP contribution in [0.25, 0.3) is 22.3 Å². The van der Waals surface area contributed by atoms with E-state index >= 15 is 0 Å². The Morgan fingerprint density at radius 1 is 1.16 bits per heavy atom. The van der Waals surface area contributed by atoms with Gasteiger partial charge in [-0.2, -0.15) is 0 Å². The van der Waals surface area contributed by atoms with E-state index in [-0.39, 0.29) is 29.8 Å². The molecule has 3 aromatic rings. The molecule has 1 N–H and O–H groups in total. The molecule has 0 bridgehead atoms. The number of carbonyl (C=O) groups excluding carboxylic acids is 1. The number of Topliss-reactive ketones (excluding diaryl/α,β-unsaturated/α-hetero) is 1.